The molecule has 0 unspecified atom stereocenters. The van der Waals surface area contributed by atoms with Crippen LogP contribution in [0.4, 0.5) is 0 Å². The van der Waals surface area contributed by atoms with Gasteiger partial charge in [-0.3, -0.25) is 0 Å². The molecule has 0 aromatic rings. The second-order valence-electron chi connectivity index (χ2n) is 3.66. The molecule has 2 heteroatoms. The molecule has 1 aliphatic heterocycles. The largest absolute Gasteiger partial charge is 0.395 e. The van der Waals surface area contributed by atoms with Crippen molar-refractivity contribution in [3.63, 3.8) is 0 Å². The lowest BCUT2D eigenvalue weighted by molar-refractivity contribution is 0.242. The van der Waals surface area contributed by atoms with Gasteiger partial charge in [-0.2, -0.15) is 0 Å². The van der Waals surface area contributed by atoms with Crippen molar-refractivity contribution in [2.75, 3.05) is 6.61 Å². The van der Waals surface area contributed by atoms with E-state index in [4.69, 9.17) is 5.11 Å². The Kier molecular flexibility index (Phi) is 0.945. The summed E-state index contributed by atoms with van der Waals surface area (Å²) >= 11 is 0. The zero-order valence-electron chi connectivity index (χ0n) is 5.72. The van der Waals surface area contributed by atoms with Crippen LogP contribution < -0.4 is 5.32 Å². The SMILES string of the molecule is C[C@@]12C[C@@H](CO)N[C@@H]1C2. The summed E-state index contributed by atoms with van der Waals surface area (Å²) in [6.45, 7) is 2.60. The fourth-order valence-electron chi connectivity index (χ4n) is 1.92. The normalized spacial score (nSPS) is 55.3. The Morgan fingerprint density at radius 2 is 2.44 bits per heavy atom. The van der Waals surface area contributed by atoms with Gasteiger partial charge in [0.1, 0.15) is 0 Å². The van der Waals surface area contributed by atoms with E-state index in [0.717, 1.165) is 6.04 Å². The first kappa shape index (κ1) is 5.69. The summed E-state index contributed by atoms with van der Waals surface area (Å²) < 4.78 is 0. The summed E-state index contributed by atoms with van der Waals surface area (Å²) in [6, 6.07) is 1.13. The molecular weight excluding hydrogens is 114 g/mol. The molecule has 0 aromatic carbocycles. The van der Waals surface area contributed by atoms with E-state index in [1.165, 1.54) is 12.8 Å². The fraction of sp³-hybridized carbons (Fsp3) is 1.00. The van der Waals surface area contributed by atoms with Crippen molar-refractivity contribution in [1.29, 1.82) is 0 Å². The van der Waals surface area contributed by atoms with E-state index in [9.17, 15) is 0 Å². The van der Waals surface area contributed by atoms with Crippen LogP contribution in [-0.4, -0.2) is 23.8 Å². The lowest BCUT2D eigenvalue weighted by Gasteiger charge is -2.09. The third-order valence-electron chi connectivity index (χ3n) is 2.72. The second kappa shape index (κ2) is 1.50. The molecule has 2 rings (SSSR count). The van der Waals surface area contributed by atoms with Gasteiger partial charge < -0.3 is 10.4 Å². The van der Waals surface area contributed by atoms with Crippen LogP contribution in [-0.2, 0) is 0 Å². The van der Waals surface area contributed by atoms with Crippen molar-refractivity contribution in [2.45, 2.75) is 31.8 Å². The number of hydrogen-bond acceptors (Lipinski definition) is 2. The molecule has 0 amide bonds. The minimum absolute atomic E-state index is 0.312. The Balaban J connectivity index is 1.98. The predicted molar refractivity (Wildman–Crippen MR) is 35.1 cm³/mol. The van der Waals surface area contributed by atoms with E-state index in [1.807, 2.05) is 0 Å². The molecule has 3 atom stereocenters. The van der Waals surface area contributed by atoms with Crippen LogP contribution in [0.5, 0.6) is 0 Å². The van der Waals surface area contributed by atoms with Gasteiger partial charge in [0, 0.05) is 12.1 Å². The average Bonchev–Trinajstić information content (AvgIpc) is 2.33. The molecule has 2 aliphatic rings. The molecule has 1 aliphatic carbocycles. The van der Waals surface area contributed by atoms with E-state index in [1.54, 1.807) is 0 Å². The molecule has 1 saturated carbocycles. The summed E-state index contributed by atoms with van der Waals surface area (Å²) in [7, 11) is 0. The van der Waals surface area contributed by atoms with E-state index in [2.05, 4.69) is 12.2 Å². The highest BCUT2D eigenvalue weighted by atomic mass is 16.3. The lowest BCUT2D eigenvalue weighted by Crippen LogP contribution is -2.28. The van der Waals surface area contributed by atoms with Crippen molar-refractivity contribution in [3.8, 4) is 0 Å². The summed E-state index contributed by atoms with van der Waals surface area (Å²) in [4.78, 5) is 0. The van der Waals surface area contributed by atoms with Crippen LogP contribution in [0.25, 0.3) is 0 Å². The lowest BCUT2D eigenvalue weighted by atomic mass is 10.0. The van der Waals surface area contributed by atoms with Crippen LogP contribution in [0.3, 0.4) is 0 Å². The van der Waals surface area contributed by atoms with Crippen molar-refractivity contribution >= 4 is 0 Å². The first-order valence-corrected chi connectivity index (χ1v) is 3.61. The Hall–Kier alpha value is -0.0800. The van der Waals surface area contributed by atoms with Crippen molar-refractivity contribution in [3.05, 3.63) is 0 Å². The molecule has 52 valence electrons. The smallest absolute Gasteiger partial charge is 0.0584 e. The third kappa shape index (κ3) is 0.700. The van der Waals surface area contributed by atoms with Gasteiger partial charge in [-0.15, -0.1) is 0 Å². The first-order chi connectivity index (χ1) is 4.24. The van der Waals surface area contributed by atoms with E-state index < -0.39 is 0 Å². The average molecular weight is 127 g/mol. The van der Waals surface area contributed by atoms with Crippen molar-refractivity contribution in [2.24, 2.45) is 5.41 Å². The van der Waals surface area contributed by atoms with Crippen LogP contribution in [0.15, 0.2) is 0 Å². The quantitative estimate of drug-likeness (QED) is 0.524. The van der Waals surface area contributed by atoms with Crippen LogP contribution in [0.2, 0.25) is 0 Å². The molecule has 1 saturated heterocycles. The third-order valence-corrected chi connectivity index (χ3v) is 2.72. The highest BCUT2D eigenvalue weighted by molar-refractivity contribution is 5.12. The maximum atomic E-state index is 8.76. The molecule has 0 aromatic heterocycles. The van der Waals surface area contributed by atoms with Gasteiger partial charge in [-0.1, -0.05) is 6.92 Å². The van der Waals surface area contributed by atoms with Crippen LogP contribution >= 0.6 is 0 Å². The monoisotopic (exact) mass is 127 g/mol. The van der Waals surface area contributed by atoms with E-state index >= 15 is 0 Å². The number of rotatable bonds is 1. The number of aliphatic hydroxyl groups excluding tert-OH is 1. The number of aliphatic hydroxyl groups is 1. The van der Waals surface area contributed by atoms with Crippen molar-refractivity contribution < 1.29 is 5.11 Å². The molecule has 9 heavy (non-hydrogen) atoms. The molecular formula is C7H13NO. The van der Waals surface area contributed by atoms with Gasteiger partial charge >= 0.3 is 0 Å². The molecule has 0 radical (unpaired) electrons. The standard InChI is InChI=1S/C7H13NO/c1-7-2-5(4-9)8-6(7)3-7/h5-6,8-9H,2-4H2,1H3/t5-,6+,7-/m0/s1. The maximum absolute atomic E-state index is 8.76. The number of nitrogens with one attached hydrogen (secondary N) is 1. The summed E-state index contributed by atoms with van der Waals surface area (Å²) in [5, 5.41) is 12.1. The van der Waals surface area contributed by atoms with Gasteiger partial charge in [0.15, 0.2) is 0 Å². The highest BCUT2D eigenvalue weighted by Gasteiger charge is 2.56. The zero-order chi connectivity index (χ0) is 6.48. The Morgan fingerprint density at radius 3 is 2.78 bits per heavy atom. The van der Waals surface area contributed by atoms with E-state index in [0.29, 0.717) is 18.1 Å². The van der Waals surface area contributed by atoms with Gasteiger partial charge in [-0.25, -0.2) is 0 Å². The fourth-order valence-corrected chi connectivity index (χ4v) is 1.92. The van der Waals surface area contributed by atoms with Gasteiger partial charge in [0.2, 0.25) is 0 Å². The summed E-state index contributed by atoms with van der Waals surface area (Å²) in [6.07, 6.45) is 2.50. The van der Waals surface area contributed by atoms with Gasteiger partial charge in [0.25, 0.3) is 0 Å². The summed E-state index contributed by atoms with van der Waals surface area (Å²) in [5.74, 6) is 0. The van der Waals surface area contributed by atoms with Crippen molar-refractivity contribution in [1.82, 2.24) is 5.32 Å². The molecule has 2 N–H and O–H groups in total. The van der Waals surface area contributed by atoms with Crippen LogP contribution in [0.1, 0.15) is 19.8 Å². The first-order valence-electron chi connectivity index (χ1n) is 3.61. The molecule has 2 nitrogen and oxygen atoms in total. The topological polar surface area (TPSA) is 32.3 Å². The maximum Gasteiger partial charge on any atom is 0.0584 e. The number of piperidine rings is 1. The minimum atomic E-state index is 0.312. The Bertz CT molecular complexity index is 137. The molecule has 2 fully saturated rings. The van der Waals surface area contributed by atoms with Gasteiger partial charge in [-0.05, 0) is 18.3 Å². The summed E-state index contributed by atoms with van der Waals surface area (Å²) in [5.41, 5.74) is 0.563. The highest BCUT2D eigenvalue weighted by Crippen LogP contribution is 2.53. The molecule has 1 heterocycles. The van der Waals surface area contributed by atoms with Crippen LogP contribution in [0, 0.1) is 5.41 Å². The van der Waals surface area contributed by atoms with Gasteiger partial charge in [0.05, 0.1) is 6.61 Å². The number of hydrogen-bond donors (Lipinski definition) is 2. The predicted octanol–water partition coefficient (Wildman–Crippen LogP) is 0.119. The molecule has 0 spiro atoms. The zero-order valence-corrected chi connectivity index (χ0v) is 5.72. The number of fused-ring (bicyclic) bond motifs is 1. The Labute approximate surface area is 55.3 Å². The van der Waals surface area contributed by atoms with E-state index in [-0.39, 0.29) is 0 Å². The minimum Gasteiger partial charge on any atom is -0.395 e. The molecule has 0 bridgehead atoms. The second-order valence-corrected chi connectivity index (χ2v) is 3.66. The Morgan fingerprint density at radius 1 is 1.67 bits per heavy atom.